The van der Waals surface area contributed by atoms with Gasteiger partial charge in [0.2, 0.25) is 0 Å². The van der Waals surface area contributed by atoms with Crippen molar-refractivity contribution in [1.82, 2.24) is 14.9 Å². The number of carbonyl (C=O) groups is 1. The Morgan fingerprint density at radius 2 is 1.92 bits per heavy atom. The standard InChI is InChI=1S/C20H29N5O/c1-13(2)16-9-7-8-14(3)19(16)24-20(26)17-12-18(23-15(4)22-17)21-10-11-25(5)6/h7-9,12-13H,10-11H2,1-6H3,(H,24,26)(H,21,22,23). The molecule has 2 aromatic rings. The number of carbonyl (C=O) groups excluding carboxylic acids is 1. The maximum atomic E-state index is 12.8. The minimum Gasteiger partial charge on any atom is -0.369 e. The van der Waals surface area contributed by atoms with Gasteiger partial charge in [0.05, 0.1) is 0 Å². The average molecular weight is 355 g/mol. The fourth-order valence-corrected chi connectivity index (χ4v) is 2.70. The summed E-state index contributed by atoms with van der Waals surface area (Å²) in [5, 5.41) is 6.28. The summed E-state index contributed by atoms with van der Waals surface area (Å²) in [7, 11) is 4.03. The van der Waals surface area contributed by atoms with Gasteiger partial charge in [-0.2, -0.15) is 0 Å². The van der Waals surface area contributed by atoms with Crippen LogP contribution in [-0.2, 0) is 0 Å². The maximum Gasteiger partial charge on any atom is 0.274 e. The first kappa shape index (κ1) is 19.8. The molecule has 0 saturated carbocycles. The van der Waals surface area contributed by atoms with Crippen LogP contribution in [0.25, 0.3) is 0 Å². The van der Waals surface area contributed by atoms with E-state index in [1.165, 1.54) is 0 Å². The van der Waals surface area contributed by atoms with E-state index in [2.05, 4.69) is 39.3 Å². The summed E-state index contributed by atoms with van der Waals surface area (Å²) in [6.45, 7) is 9.66. The van der Waals surface area contributed by atoms with Crippen molar-refractivity contribution in [3.63, 3.8) is 0 Å². The van der Waals surface area contributed by atoms with Gasteiger partial charge in [0, 0.05) is 24.8 Å². The van der Waals surface area contributed by atoms with Gasteiger partial charge < -0.3 is 15.5 Å². The molecule has 140 valence electrons. The number of aryl methyl sites for hydroxylation is 2. The maximum absolute atomic E-state index is 12.8. The molecule has 0 saturated heterocycles. The van der Waals surface area contributed by atoms with Gasteiger partial charge in [-0.3, -0.25) is 4.79 Å². The highest BCUT2D eigenvalue weighted by molar-refractivity contribution is 6.04. The molecule has 0 spiro atoms. The molecule has 0 bridgehead atoms. The Hall–Kier alpha value is -2.47. The fourth-order valence-electron chi connectivity index (χ4n) is 2.70. The Morgan fingerprint density at radius 1 is 1.19 bits per heavy atom. The molecule has 0 unspecified atom stereocenters. The molecule has 0 aliphatic carbocycles. The van der Waals surface area contributed by atoms with Crippen molar-refractivity contribution in [2.75, 3.05) is 37.8 Å². The van der Waals surface area contributed by atoms with Crippen molar-refractivity contribution < 1.29 is 4.79 Å². The van der Waals surface area contributed by atoms with Crippen LogP contribution in [-0.4, -0.2) is 48.0 Å². The van der Waals surface area contributed by atoms with Gasteiger partial charge in [0.25, 0.3) is 5.91 Å². The van der Waals surface area contributed by atoms with E-state index in [9.17, 15) is 4.79 Å². The van der Waals surface area contributed by atoms with Crippen molar-refractivity contribution in [3.05, 3.63) is 46.9 Å². The van der Waals surface area contributed by atoms with Crippen molar-refractivity contribution in [3.8, 4) is 0 Å². The van der Waals surface area contributed by atoms with E-state index >= 15 is 0 Å². The minimum atomic E-state index is -0.220. The van der Waals surface area contributed by atoms with Crippen LogP contribution in [0.4, 0.5) is 11.5 Å². The molecule has 0 aliphatic heterocycles. The van der Waals surface area contributed by atoms with E-state index in [-0.39, 0.29) is 5.91 Å². The van der Waals surface area contributed by atoms with Crippen molar-refractivity contribution in [1.29, 1.82) is 0 Å². The van der Waals surface area contributed by atoms with E-state index in [1.807, 2.05) is 39.2 Å². The van der Waals surface area contributed by atoms with Crippen LogP contribution in [0.5, 0.6) is 0 Å². The molecule has 1 heterocycles. The lowest BCUT2D eigenvalue weighted by molar-refractivity contribution is 0.102. The first-order chi connectivity index (χ1) is 12.3. The number of nitrogens with one attached hydrogen (secondary N) is 2. The highest BCUT2D eigenvalue weighted by Crippen LogP contribution is 2.27. The lowest BCUT2D eigenvalue weighted by Gasteiger charge is -2.16. The number of anilines is 2. The summed E-state index contributed by atoms with van der Waals surface area (Å²) < 4.78 is 0. The minimum absolute atomic E-state index is 0.220. The predicted molar refractivity (Wildman–Crippen MR) is 107 cm³/mol. The summed E-state index contributed by atoms with van der Waals surface area (Å²) in [4.78, 5) is 23.5. The zero-order valence-corrected chi connectivity index (χ0v) is 16.6. The molecule has 2 N–H and O–H groups in total. The van der Waals surface area contributed by atoms with E-state index in [0.717, 1.165) is 29.9 Å². The third-order valence-corrected chi connectivity index (χ3v) is 4.10. The number of rotatable bonds is 7. The smallest absolute Gasteiger partial charge is 0.274 e. The number of para-hydroxylation sites is 1. The van der Waals surface area contributed by atoms with Crippen LogP contribution in [0, 0.1) is 13.8 Å². The molecule has 1 aromatic carbocycles. The van der Waals surface area contributed by atoms with Gasteiger partial charge in [0.1, 0.15) is 17.3 Å². The largest absolute Gasteiger partial charge is 0.369 e. The third-order valence-electron chi connectivity index (χ3n) is 4.10. The topological polar surface area (TPSA) is 70.2 Å². The SMILES string of the molecule is Cc1nc(NCCN(C)C)cc(C(=O)Nc2c(C)cccc2C(C)C)n1. The van der Waals surface area contributed by atoms with Crippen molar-refractivity contribution >= 4 is 17.4 Å². The van der Waals surface area contributed by atoms with Crippen LogP contribution in [0.3, 0.4) is 0 Å². The Kier molecular flexibility index (Phi) is 6.69. The van der Waals surface area contributed by atoms with Gasteiger partial charge in [-0.1, -0.05) is 32.0 Å². The molecule has 0 radical (unpaired) electrons. The molecule has 1 aromatic heterocycles. The highest BCUT2D eigenvalue weighted by Gasteiger charge is 2.15. The number of likely N-dealkylation sites (N-methyl/N-ethyl adjacent to an activating group) is 1. The van der Waals surface area contributed by atoms with E-state index in [4.69, 9.17) is 0 Å². The van der Waals surface area contributed by atoms with E-state index in [0.29, 0.717) is 23.3 Å². The zero-order chi connectivity index (χ0) is 19.3. The first-order valence-corrected chi connectivity index (χ1v) is 8.93. The summed E-state index contributed by atoms with van der Waals surface area (Å²) >= 11 is 0. The Labute approximate surface area is 156 Å². The molecular weight excluding hydrogens is 326 g/mol. The molecule has 6 heteroatoms. The van der Waals surface area contributed by atoms with Gasteiger partial charge in [-0.15, -0.1) is 0 Å². The molecular formula is C20H29N5O. The second kappa shape index (κ2) is 8.76. The molecule has 6 nitrogen and oxygen atoms in total. The first-order valence-electron chi connectivity index (χ1n) is 8.93. The second-order valence-electron chi connectivity index (χ2n) is 7.06. The Bertz CT molecular complexity index is 771. The molecule has 26 heavy (non-hydrogen) atoms. The Morgan fingerprint density at radius 3 is 2.58 bits per heavy atom. The number of nitrogens with zero attached hydrogens (tertiary/aromatic N) is 3. The molecule has 0 atom stereocenters. The highest BCUT2D eigenvalue weighted by atomic mass is 16.1. The molecule has 0 aliphatic rings. The summed E-state index contributed by atoms with van der Waals surface area (Å²) in [5.74, 6) is 1.33. The van der Waals surface area contributed by atoms with Gasteiger partial charge in [-0.05, 0) is 45.0 Å². The normalized spacial score (nSPS) is 11.1. The Balaban J connectivity index is 2.21. The number of hydrogen-bond donors (Lipinski definition) is 2. The fraction of sp³-hybridized carbons (Fsp3) is 0.450. The number of aromatic nitrogens is 2. The van der Waals surface area contributed by atoms with Crippen LogP contribution in [0.2, 0.25) is 0 Å². The van der Waals surface area contributed by atoms with Crippen LogP contribution >= 0.6 is 0 Å². The monoisotopic (exact) mass is 355 g/mol. The summed E-state index contributed by atoms with van der Waals surface area (Å²) in [6, 6.07) is 7.76. The van der Waals surface area contributed by atoms with Crippen LogP contribution in [0.15, 0.2) is 24.3 Å². The molecule has 0 fully saturated rings. The number of hydrogen-bond acceptors (Lipinski definition) is 5. The summed E-state index contributed by atoms with van der Waals surface area (Å²) in [6.07, 6.45) is 0. The van der Waals surface area contributed by atoms with E-state index in [1.54, 1.807) is 13.0 Å². The quantitative estimate of drug-likeness (QED) is 0.796. The van der Waals surface area contributed by atoms with Crippen LogP contribution in [0.1, 0.15) is 47.2 Å². The summed E-state index contributed by atoms with van der Waals surface area (Å²) in [5.41, 5.74) is 3.39. The zero-order valence-electron chi connectivity index (χ0n) is 16.6. The van der Waals surface area contributed by atoms with Crippen LogP contribution < -0.4 is 10.6 Å². The second-order valence-corrected chi connectivity index (χ2v) is 7.06. The predicted octanol–water partition coefficient (Wildman–Crippen LogP) is 3.44. The average Bonchev–Trinajstić information content (AvgIpc) is 2.55. The number of amides is 1. The van der Waals surface area contributed by atoms with Gasteiger partial charge in [-0.25, -0.2) is 9.97 Å². The van der Waals surface area contributed by atoms with E-state index < -0.39 is 0 Å². The van der Waals surface area contributed by atoms with Crippen molar-refractivity contribution in [2.45, 2.75) is 33.6 Å². The molecule has 2 rings (SSSR count). The molecule has 1 amide bonds. The van der Waals surface area contributed by atoms with Gasteiger partial charge >= 0.3 is 0 Å². The van der Waals surface area contributed by atoms with Gasteiger partial charge in [0.15, 0.2) is 0 Å². The van der Waals surface area contributed by atoms with Crippen molar-refractivity contribution in [2.24, 2.45) is 0 Å². The lowest BCUT2D eigenvalue weighted by atomic mass is 9.98. The third kappa shape index (κ3) is 5.26. The number of benzene rings is 1. The lowest BCUT2D eigenvalue weighted by Crippen LogP contribution is -2.22.